The molecule has 4 rings (SSSR count). The van der Waals surface area contributed by atoms with Crippen molar-refractivity contribution in [3.63, 3.8) is 0 Å². The molecule has 0 bridgehead atoms. The molecule has 0 aliphatic carbocycles. The van der Waals surface area contributed by atoms with E-state index in [0.29, 0.717) is 16.5 Å². The predicted molar refractivity (Wildman–Crippen MR) is 126 cm³/mol. The molecule has 0 radical (unpaired) electrons. The number of benzene rings is 2. The van der Waals surface area contributed by atoms with Crippen molar-refractivity contribution in [1.82, 2.24) is 4.98 Å². The number of hydrogen-bond acceptors (Lipinski definition) is 5. The SMILES string of the molecule is Cc1ccccc1N1C(=O)C(CNc2ccc(Cl)cc2)C(=O)N(c2ccccn2)C1=S. The van der Waals surface area contributed by atoms with Crippen molar-refractivity contribution in [2.45, 2.75) is 6.92 Å². The first-order valence-electron chi connectivity index (χ1n) is 9.65. The molecule has 1 unspecified atom stereocenters. The maximum Gasteiger partial charge on any atom is 0.248 e. The second kappa shape index (κ2) is 8.83. The third-order valence-corrected chi connectivity index (χ3v) is 5.63. The van der Waals surface area contributed by atoms with Gasteiger partial charge in [-0.2, -0.15) is 0 Å². The lowest BCUT2D eigenvalue weighted by molar-refractivity contribution is -0.131. The Morgan fingerprint density at radius 1 is 0.968 bits per heavy atom. The summed E-state index contributed by atoms with van der Waals surface area (Å²) in [6.07, 6.45) is 1.58. The highest BCUT2D eigenvalue weighted by molar-refractivity contribution is 7.81. The van der Waals surface area contributed by atoms with Crippen LogP contribution in [0.3, 0.4) is 0 Å². The molecule has 2 aromatic carbocycles. The number of amides is 2. The van der Waals surface area contributed by atoms with Gasteiger partial charge < -0.3 is 5.32 Å². The van der Waals surface area contributed by atoms with E-state index >= 15 is 0 Å². The molecular formula is C23H19ClN4O2S. The topological polar surface area (TPSA) is 65.5 Å². The van der Waals surface area contributed by atoms with E-state index in [2.05, 4.69) is 10.3 Å². The Bertz CT molecular complexity index is 1140. The Morgan fingerprint density at radius 3 is 2.32 bits per heavy atom. The van der Waals surface area contributed by atoms with Crippen LogP contribution in [0.25, 0.3) is 0 Å². The van der Waals surface area contributed by atoms with E-state index in [9.17, 15) is 9.59 Å². The minimum Gasteiger partial charge on any atom is -0.384 e. The van der Waals surface area contributed by atoms with Gasteiger partial charge in [-0.15, -0.1) is 0 Å². The molecule has 1 aliphatic heterocycles. The van der Waals surface area contributed by atoms with Crippen LogP contribution in [0.1, 0.15) is 5.56 Å². The van der Waals surface area contributed by atoms with Gasteiger partial charge in [0.15, 0.2) is 5.11 Å². The number of nitrogens with one attached hydrogen (secondary N) is 1. The van der Waals surface area contributed by atoms with Gasteiger partial charge in [0.1, 0.15) is 11.7 Å². The zero-order valence-electron chi connectivity index (χ0n) is 16.7. The average Bonchev–Trinajstić information content (AvgIpc) is 2.77. The molecule has 1 aliphatic rings. The van der Waals surface area contributed by atoms with Crippen molar-refractivity contribution in [3.05, 3.63) is 83.5 Å². The number of carbonyl (C=O) groups is 2. The number of hydrogen-bond donors (Lipinski definition) is 1. The van der Waals surface area contributed by atoms with Gasteiger partial charge >= 0.3 is 0 Å². The first-order chi connectivity index (χ1) is 15.0. The van der Waals surface area contributed by atoms with Crippen LogP contribution in [-0.2, 0) is 9.59 Å². The van der Waals surface area contributed by atoms with Crippen molar-refractivity contribution < 1.29 is 9.59 Å². The molecule has 6 nitrogen and oxygen atoms in total. The van der Waals surface area contributed by atoms with E-state index < -0.39 is 11.8 Å². The fraction of sp³-hybridized carbons (Fsp3) is 0.130. The van der Waals surface area contributed by atoms with Crippen LogP contribution in [0.15, 0.2) is 72.9 Å². The molecule has 0 saturated carbocycles. The lowest BCUT2D eigenvalue weighted by Gasteiger charge is -2.39. The molecule has 2 heterocycles. The molecule has 1 N–H and O–H groups in total. The summed E-state index contributed by atoms with van der Waals surface area (Å²) in [4.78, 5) is 33.9. The summed E-state index contributed by atoms with van der Waals surface area (Å²) in [6.45, 7) is 2.00. The molecule has 3 aromatic rings. The summed E-state index contributed by atoms with van der Waals surface area (Å²) in [5.74, 6) is -1.40. The van der Waals surface area contributed by atoms with E-state index in [1.807, 2.05) is 31.2 Å². The first-order valence-corrected chi connectivity index (χ1v) is 10.4. The summed E-state index contributed by atoms with van der Waals surface area (Å²) >= 11 is 11.5. The first kappa shape index (κ1) is 21.0. The molecule has 2 amide bonds. The summed E-state index contributed by atoms with van der Waals surface area (Å²) in [5, 5.41) is 3.85. The molecular weight excluding hydrogens is 432 g/mol. The third-order valence-electron chi connectivity index (χ3n) is 5.01. The Labute approximate surface area is 190 Å². The maximum absolute atomic E-state index is 13.5. The van der Waals surface area contributed by atoms with Crippen molar-refractivity contribution in [2.75, 3.05) is 21.7 Å². The Morgan fingerprint density at radius 2 is 1.65 bits per heavy atom. The highest BCUT2D eigenvalue weighted by atomic mass is 35.5. The molecule has 1 fully saturated rings. The molecule has 1 aromatic heterocycles. The zero-order valence-corrected chi connectivity index (χ0v) is 18.2. The number of rotatable bonds is 5. The van der Waals surface area contributed by atoms with Crippen LogP contribution in [0, 0.1) is 12.8 Å². The lowest BCUT2D eigenvalue weighted by Crippen LogP contribution is -2.62. The van der Waals surface area contributed by atoms with Crippen LogP contribution >= 0.6 is 23.8 Å². The van der Waals surface area contributed by atoms with Crippen LogP contribution in [-0.4, -0.2) is 28.5 Å². The number of halogens is 1. The van der Waals surface area contributed by atoms with Crippen molar-refractivity contribution in [1.29, 1.82) is 0 Å². The smallest absolute Gasteiger partial charge is 0.248 e. The minimum absolute atomic E-state index is 0.0887. The second-order valence-electron chi connectivity index (χ2n) is 7.04. The molecule has 0 spiro atoms. The van der Waals surface area contributed by atoms with E-state index in [1.165, 1.54) is 9.80 Å². The predicted octanol–water partition coefficient (Wildman–Crippen LogP) is 4.44. The van der Waals surface area contributed by atoms with Crippen molar-refractivity contribution in [3.8, 4) is 0 Å². The number of thiocarbonyl (C=S) groups is 1. The van der Waals surface area contributed by atoms with Gasteiger partial charge in [0.05, 0.1) is 5.69 Å². The van der Waals surface area contributed by atoms with Gasteiger partial charge in [0.25, 0.3) is 0 Å². The standard InChI is InChI=1S/C23H19ClN4O2S/c1-15-6-2-3-7-19(15)27-21(29)18(14-26-17-11-9-16(24)10-12-17)22(30)28(23(27)31)20-8-4-5-13-25-20/h2-13,18,26H,14H2,1H3. The van der Waals surface area contributed by atoms with Crippen molar-refractivity contribution >= 4 is 57.9 Å². The van der Waals surface area contributed by atoms with Gasteiger partial charge in [-0.3, -0.25) is 14.5 Å². The monoisotopic (exact) mass is 450 g/mol. The highest BCUT2D eigenvalue weighted by Gasteiger charge is 2.45. The fourth-order valence-corrected chi connectivity index (χ4v) is 3.90. The normalized spacial score (nSPS) is 16.6. The van der Waals surface area contributed by atoms with Crippen LogP contribution in [0.4, 0.5) is 17.2 Å². The van der Waals surface area contributed by atoms with Gasteiger partial charge in [-0.1, -0.05) is 35.9 Å². The fourth-order valence-electron chi connectivity index (χ4n) is 3.40. The number of anilines is 3. The van der Waals surface area contributed by atoms with E-state index in [4.69, 9.17) is 23.8 Å². The highest BCUT2D eigenvalue weighted by Crippen LogP contribution is 2.30. The molecule has 31 heavy (non-hydrogen) atoms. The molecule has 156 valence electrons. The quantitative estimate of drug-likeness (QED) is 0.460. The summed E-state index contributed by atoms with van der Waals surface area (Å²) in [5.41, 5.74) is 2.27. The minimum atomic E-state index is -0.982. The van der Waals surface area contributed by atoms with Crippen LogP contribution < -0.4 is 15.1 Å². The Hall–Kier alpha value is -3.29. The maximum atomic E-state index is 13.5. The number of carbonyl (C=O) groups excluding carboxylic acids is 2. The molecule has 1 atom stereocenters. The van der Waals surface area contributed by atoms with Gasteiger partial charge in [0, 0.05) is 23.5 Å². The number of para-hydroxylation sites is 1. The number of nitrogens with zero attached hydrogens (tertiary/aromatic N) is 3. The van der Waals surface area contributed by atoms with Crippen LogP contribution in [0.2, 0.25) is 5.02 Å². The molecule has 1 saturated heterocycles. The average molecular weight is 451 g/mol. The second-order valence-corrected chi connectivity index (χ2v) is 7.85. The van der Waals surface area contributed by atoms with Gasteiger partial charge in [-0.05, 0) is 67.2 Å². The van der Waals surface area contributed by atoms with E-state index in [0.717, 1.165) is 11.3 Å². The number of pyridine rings is 1. The lowest BCUT2D eigenvalue weighted by atomic mass is 10.0. The Kier molecular flexibility index (Phi) is 5.97. The van der Waals surface area contributed by atoms with E-state index in [-0.39, 0.29) is 17.6 Å². The summed E-state index contributed by atoms with van der Waals surface area (Å²) in [7, 11) is 0. The number of aryl methyl sites for hydroxylation is 1. The van der Waals surface area contributed by atoms with Gasteiger partial charge in [0.2, 0.25) is 11.8 Å². The zero-order chi connectivity index (χ0) is 22.0. The summed E-state index contributed by atoms with van der Waals surface area (Å²) in [6, 6.07) is 19.7. The summed E-state index contributed by atoms with van der Waals surface area (Å²) < 4.78 is 0. The number of aromatic nitrogens is 1. The van der Waals surface area contributed by atoms with Gasteiger partial charge in [-0.25, -0.2) is 9.88 Å². The third kappa shape index (κ3) is 4.15. The molecule has 8 heteroatoms. The van der Waals surface area contributed by atoms with Crippen molar-refractivity contribution in [2.24, 2.45) is 5.92 Å². The Balaban J connectivity index is 1.71. The van der Waals surface area contributed by atoms with Crippen LogP contribution in [0.5, 0.6) is 0 Å². The van der Waals surface area contributed by atoms with E-state index in [1.54, 1.807) is 48.7 Å². The largest absolute Gasteiger partial charge is 0.384 e.